The van der Waals surface area contributed by atoms with E-state index in [4.69, 9.17) is 5.21 Å². The van der Waals surface area contributed by atoms with Crippen LogP contribution in [0.4, 0.5) is 5.69 Å². The molecule has 21 heavy (non-hydrogen) atoms. The molecule has 0 saturated carbocycles. The number of nitrogens with zero attached hydrogens (tertiary/aromatic N) is 1. The van der Waals surface area contributed by atoms with Crippen LogP contribution >= 0.6 is 15.9 Å². The van der Waals surface area contributed by atoms with Gasteiger partial charge in [-0.1, -0.05) is 45.4 Å². The minimum absolute atomic E-state index is 0.202. The van der Waals surface area contributed by atoms with Gasteiger partial charge in [0.25, 0.3) is 5.91 Å². The van der Waals surface area contributed by atoms with E-state index in [9.17, 15) is 4.79 Å². The standard InChI is InChI=1S/C16H15BrN2O2/c1-10-12(7-5-8-14(10)17)16(20)18-15-9-4-3-6-13(15)11(2)19-21/h3-9,21H,1-2H3,(H,18,20). The number of nitrogens with one attached hydrogen (secondary N) is 1. The summed E-state index contributed by atoms with van der Waals surface area (Å²) < 4.78 is 0.886. The first-order valence-electron chi connectivity index (χ1n) is 6.39. The summed E-state index contributed by atoms with van der Waals surface area (Å²) in [6.07, 6.45) is 0. The summed E-state index contributed by atoms with van der Waals surface area (Å²) in [5, 5.41) is 15.0. The SMILES string of the molecule is CC(=NO)c1ccccc1NC(=O)c1cccc(Br)c1C. The van der Waals surface area contributed by atoms with Gasteiger partial charge >= 0.3 is 0 Å². The Morgan fingerprint density at radius 3 is 2.52 bits per heavy atom. The van der Waals surface area contributed by atoms with Crippen LogP contribution in [0.2, 0.25) is 0 Å². The molecule has 0 aliphatic rings. The van der Waals surface area contributed by atoms with Crippen LogP contribution in [-0.2, 0) is 0 Å². The molecule has 0 radical (unpaired) electrons. The average Bonchev–Trinajstić information content (AvgIpc) is 2.49. The molecule has 0 aliphatic carbocycles. The lowest BCUT2D eigenvalue weighted by Crippen LogP contribution is -2.15. The van der Waals surface area contributed by atoms with Crippen molar-refractivity contribution in [2.45, 2.75) is 13.8 Å². The second-order valence-corrected chi connectivity index (χ2v) is 5.45. The zero-order valence-electron chi connectivity index (χ0n) is 11.7. The van der Waals surface area contributed by atoms with E-state index in [1.807, 2.05) is 31.2 Å². The van der Waals surface area contributed by atoms with Crippen molar-refractivity contribution in [2.24, 2.45) is 5.16 Å². The van der Waals surface area contributed by atoms with E-state index in [1.54, 1.807) is 25.1 Å². The maximum atomic E-state index is 12.4. The second-order valence-electron chi connectivity index (χ2n) is 4.60. The summed E-state index contributed by atoms with van der Waals surface area (Å²) in [5.41, 5.74) is 3.20. The van der Waals surface area contributed by atoms with Crippen LogP contribution in [0, 0.1) is 6.92 Å². The Balaban J connectivity index is 2.35. The highest BCUT2D eigenvalue weighted by Gasteiger charge is 2.13. The van der Waals surface area contributed by atoms with Crippen LogP contribution in [0.5, 0.6) is 0 Å². The molecule has 0 bridgehead atoms. The van der Waals surface area contributed by atoms with Gasteiger partial charge in [0.05, 0.1) is 11.4 Å². The number of amides is 1. The third-order valence-electron chi connectivity index (χ3n) is 3.23. The number of hydrogen-bond acceptors (Lipinski definition) is 3. The third-order valence-corrected chi connectivity index (χ3v) is 4.09. The molecule has 108 valence electrons. The topological polar surface area (TPSA) is 61.7 Å². The van der Waals surface area contributed by atoms with E-state index < -0.39 is 0 Å². The van der Waals surface area contributed by atoms with Crippen molar-refractivity contribution in [3.8, 4) is 0 Å². The number of carbonyl (C=O) groups excluding carboxylic acids is 1. The molecule has 4 nitrogen and oxygen atoms in total. The van der Waals surface area contributed by atoms with Crippen LogP contribution in [0.3, 0.4) is 0 Å². The van der Waals surface area contributed by atoms with Gasteiger partial charge in [0.2, 0.25) is 0 Å². The fourth-order valence-electron chi connectivity index (χ4n) is 2.00. The van der Waals surface area contributed by atoms with E-state index in [0.717, 1.165) is 10.0 Å². The number of anilines is 1. The minimum atomic E-state index is -0.202. The smallest absolute Gasteiger partial charge is 0.255 e. The molecule has 5 heteroatoms. The van der Waals surface area contributed by atoms with Gasteiger partial charge in [-0.2, -0.15) is 0 Å². The lowest BCUT2D eigenvalue weighted by Gasteiger charge is -2.12. The highest BCUT2D eigenvalue weighted by molar-refractivity contribution is 9.10. The van der Waals surface area contributed by atoms with E-state index in [1.165, 1.54) is 0 Å². The van der Waals surface area contributed by atoms with Gasteiger partial charge in [-0.25, -0.2) is 0 Å². The second kappa shape index (κ2) is 6.54. The molecule has 0 atom stereocenters. The molecule has 0 aromatic heterocycles. The summed E-state index contributed by atoms with van der Waals surface area (Å²) in [6.45, 7) is 3.56. The van der Waals surface area contributed by atoms with Crippen molar-refractivity contribution in [1.82, 2.24) is 0 Å². The van der Waals surface area contributed by atoms with Gasteiger partial charge in [-0.15, -0.1) is 0 Å². The summed E-state index contributed by atoms with van der Waals surface area (Å²) in [5.74, 6) is -0.202. The average molecular weight is 347 g/mol. The highest BCUT2D eigenvalue weighted by Crippen LogP contribution is 2.22. The number of para-hydroxylation sites is 1. The van der Waals surface area contributed by atoms with Crippen LogP contribution in [0.15, 0.2) is 52.1 Å². The van der Waals surface area contributed by atoms with Crippen molar-refractivity contribution in [2.75, 3.05) is 5.32 Å². The summed E-state index contributed by atoms with van der Waals surface area (Å²) in [6, 6.07) is 12.7. The maximum absolute atomic E-state index is 12.4. The largest absolute Gasteiger partial charge is 0.411 e. The summed E-state index contributed by atoms with van der Waals surface area (Å²) in [4.78, 5) is 12.4. The fraction of sp³-hybridized carbons (Fsp3) is 0.125. The Morgan fingerprint density at radius 2 is 1.81 bits per heavy atom. The quantitative estimate of drug-likeness (QED) is 0.496. The Bertz CT molecular complexity index is 711. The third kappa shape index (κ3) is 3.31. The first kappa shape index (κ1) is 15.3. The predicted octanol–water partition coefficient (Wildman–Crippen LogP) is 4.21. The van der Waals surface area contributed by atoms with E-state index in [-0.39, 0.29) is 5.91 Å². The van der Waals surface area contributed by atoms with E-state index in [0.29, 0.717) is 22.5 Å². The fourth-order valence-corrected chi connectivity index (χ4v) is 2.37. The lowest BCUT2D eigenvalue weighted by molar-refractivity contribution is 0.102. The van der Waals surface area contributed by atoms with Crippen molar-refractivity contribution in [1.29, 1.82) is 0 Å². The van der Waals surface area contributed by atoms with Crippen molar-refractivity contribution >= 4 is 33.2 Å². The molecular weight excluding hydrogens is 332 g/mol. The molecule has 0 saturated heterocycles. The zero-order valence-corrected chi connectivity index (χ0v) is 13.3. The van der Waals surface area contributed by atoms with Crippen molar-refractivity contribution < 1.29 is 10.0 Å². The van der Waals surface area contributed by atoms with Crippen LogP contribution < -0.4 is 5.32 Å². The van der Waals surface area contributed by atoms with Crippen molar-refractivity contribution in [3.05, 3.63) is 63.6 Å². The van der Waals surface area contributed by atoms with E-state index in [2.05, 4.69) is 26.4 Å². The Hall–Kier alpha value is -2.14. The first-order chi connectivity index (χ1) is 10.0. The molecule has 0 aliphatic heterocycles. The number of benzene rings is 2. The molecular formula is C16H15BrN2O2. The number of rotatable bonds is 3. The Labute approximate surface area is 131 Å². The van der Waals surface area contributed by atoms with Gasteiger partial charge in [-0.3, -0.25) is 4.79 Å². The van der Waals surface area contributed by atoms with E-state index >= 15 is 0 Å². The highest BCUT2D eigenvalue weighted by atomic mass is 79.9. The molecule has 2 N–H and O–H groups in total. The number of oxime groups is 1. The number of hydrogen-bond donors (Lipinski definition) is 2. The van der Waals surface area contributed by atoms with Gasteiger partial charge in [-0.05, 0) is 37.6 Å². The van der Waals surface area contributed by atoms with Crippen molar-refractivity contribution in [3.63, 3.8) is 0 Å². The molecule has 2 aromatic carbocycles. The minimum Gasteiger partial charge on any atom is -0.411 e. The van der Waals surface area contributed by atoms with Gasteiger partial charge in [0.1, 0.15) is 0 Å². The Morgan fingerprint density at radius 1 is 1.14 bits per heavy atom. The van der Waals surface area contributed by atoms with Gasteiger partial charge in [0.15, 0.2) is 0 Å². The number of halogens is 1. The number of carbonyl (C=O) groups is 1. The Kier molecular flexibility index (Phi) is 4.75. The molecule has 0 fully saturated rings. The molecule has 2 rings (SSSR count). The maximum Gasteiger partial charge on any atom is 0.255 e. The van der Waals surface area contributed by atoms with Crippen LogP contribution in [0.1, 0.15) is 28.4 Å². The molecule has 0 heterocycles. The van der Waals surface area contributed by atoms with Gasteiger partial charge < -0.3 is 10.5 Å². The van der Waals surface area contributed by atoms with Gasteiger partial charge in [0, 0.05) is 15.6 Å². The molecule has 2 aromatic rings. The lowest BCUT2D eigenvalue weighted by atomic mass is 10.1. The first-order valence-corrected chi connectivity index (χ1v) is 7.18. The van der Waals surface area contributed by atoms with Crippen LogP contribution in [0.25, 0.3) is 0 Å². The van der Waals surface area contributed by atoms with Crippen LogP contribution in [-0.4, -0.2) is 16.8 Å². The molecule has 1 amide bonds. The monoisotopic (exact) mass is 346 g/mol. The molecule has 0 unspecified atom stereocenters. The molecule has 0 spiro atoms. The summed E-state index contributed by atoms with van der Waals surface area (Å²) >= 11 is 3.42. The predicted molar refractivity (Wildman–Crippen MR) is 87.3 cm³/mol. The zero-order chi connectivity index (χ0) is 15.4. The summed E-state index contributed by atoms with van der Waals surface area (Å²) in [7, 11) is 0. The normalized spacial score (nSPS) is 11.3.